The van der Waals surface area contributed by atoms with Gasteiger partial charge in [0.05, 0.1) is 29.2 Å². The van der Waals surface area contributed by atoms with E-state index in [0.717, 1.165) is 12.1 Å². The molecule has 0 spiro atoms. The lowest BCUT2D eigenvalue weighted by molar-refractivity contribution is -0.137. The molecule has 1 saturated heterocycles. The molecule has 0 aliphatic carbocycles. The zero-order valence-corrected chi connectivity index (χ0v) is 18.9. The summed E-state index contributed by atoms with van der Waals surface area (Å²) in [5.41, 5.74) is 1.59. The molecule has 10 heteroatoms. The van der Waals surface area contributed by atoms with Gasteiger partial charge < -0.3 is 14.9 Å². The normalized spacial score (nSPS) is 15.7. The van der Waals surface area contributed by atoms with Gasteiger partial charge in [-0.15, -0.1) is 0 Å². The first-order valence-electron chi connectivity index (χ1n) is 11.0. The molecule has 3 heterocycles. The molecular formula is C24H24F2N6O2. The summed E-state index contributed by atoms with van der Waals surface area (Å²) < 4.78 is 27.8. The molecule has 1 atom stereocenters. The van der Waals surface area contributed by atoms with E-state index < -0.39 is 11.6 Å². The van der Waals surface area contributed by atoms with Gasteiger partial charge in [0.2, 0.25) is 5.91 Å². The molecule has 2 aromatic heterocycles. The molecule has 4 rings (SSSR count). The Morgan fingerprint density at radius 1 is 1.24 bits per heavy atom. The van der Waals surface area contributed by atoms with E-state index >= 15 is 0 Å². The van der Waals surface area contributed by atoms with E-state index in [-0.39, 0.29) is 42.1 Å². The number of rotatable bonds is 6. The lowest BCUT2D eigenvalue weighted by atomic mass is 10.1. The van der Waals surface area contributed by atoms with E-state index in [2.05, 4.69) is 15.0 Å². The summed E-state index contributed by atoms with van der Waals surface area (Å²) >= 11 is 0. The van der Waals surface area contributed by atoms with Gasteiger partial charge >= 0.3 is 0 Å². The van der Waals surface area contributed by atoms with Gasteiger partial charge in [-0.05, 0) is 12.5 Å². The van der Waals surface area contributed by atoms with Gasteiger partial charge in [0.25, 0.3) is 0 Å². The number of carbonyl (C=O) groups excluding carboxylic acids is 1. The number of fused-ring (bicyclic) bond motifs is 1. The second-order valence-corrected chi connectivity index (χ2v) is 8.52. The van der Waals surface area contributed by atoms with Crippen molar-refractivity contribution in [3.05, 3.63) is 47.8 Å². The number of aliphatic hydroxyl groups excluding tert-OH is 1. The predicted octanol–water partition coefficient (Wildman–Crippen LogP) is 2.90. The van der Waals surface area contributed by atoms with Gasteiger partial charge in [0.1, 0.15) is 11.8 Å². The van der Waals surface area contributed by atoms with Crippen LogP contribution >= 0.6 is 0 Å². The fourth-order valence-electron chi connectivity index (χ4n) is 4.19. The van der Waals surface area contributed by atoms with E-state index in [9.17, 15) is 23.9 Å². The largest absolute Gasteiger partial charge is 0.395 e. The molecule has 8 nitrogen and oxygen atoms in total. The number of nitriles is 1. The highest BCUT2D eigenvalue weighted by molar-refractivity contribution is 5.84. The minimum atomic E-state index is -1.03. The number of carbonyl (C=O) groups is 1. The Bertz CT molecular complexity index is 1280. The molecule has 0 unspecified atom stereocenters. The first kappa shape index (κ1) is 23.4. The van der Waals surface area contributed by atoms with Crippen LogP contribution in [-0.2, 0) is 4.79 Å². The van der Waals surface area contributed by atoms with Gasteiger partial charge in [-0.1, -0.05) is 13.8 Å². The van der Waals surface area contributed by atoms with Crippen molar-refractivity contribution in [1.82, 2.24) is 19.9 Å². The van der Waals surface area contributed by atoms with Crippen LogP contribution in [0.25, 0.3) is 22.3 Å². The lowest BCUT2D eigenvalue weighted by Crippen LogP contribution is -2.45. The summed E-state index contributed by atoms with van der Waals surface area (Å²) in [7, 11) is 0. The van der Waals surface area contributed by atoms with E-state index in [0.29, 0.717) is 42.1 Å². The predicted molar refractivity (Wildman–Crippen MR) is 122 cm³/mol. The first-order valence-corrected chi connectivity index (χ1v) is 11.0. The summed E-state index contributed by atoms with van der Waals surface area (Å²) in [6, 6.07) is 5.49. The standard InChI is InChI=1S/C24H24F2N6O2/c1-14(2)24(34)32(5-6-33)17-3-4-31(13-17)23-22(16-7-15(10-27)11-28-12-16)29-20-8-18(25)19(26)9-21(20)30-23/h7-9,11-12,14,17,33H,3-6,13H2,1-2H3/t17-/m0/s1. The highest BCUT2D eigenvalue weighted by atomic mass is 19.2. The minimum Gasteiger partial charge on any atom is -0.395 e. The van der Waals surface area contributed by atoms with Crippen molar-refractivity contribution < 1.29 is 18.7 Å². The van der Waals surface area contributed by atoms with Crippen LogP contribution in [0.5, 0.6) is 0 Å². The maximum Gasteiger partial charge on any atom is 0.225 e. The Hall–Kier alpha value is -3.71. The monoisotopic (exact) mass is 466 g/mol. The number of benzene rings is 1. The average Bonchev–Trinajstić information content (AvgIpc) is 3.32. The van der Waals surface area contributed by atoms with Crippen molar-refractivity contribution >= 4 is 22.8 Å². The summed E-state index contributed by atoms with van der Waals surface area (Å²) in [6.45, 7) is 4.68. The van der Waals surface area contributed by atoms with Gasteiger partial charge in [0.15, 0.2) is 17.5 Å². The highest BCUT2D eigenvalue weighted by Crippen LogP contribution is 2.33. The molecule has 1 aromatic carbocycles. The van der Waals surface area contributed by atoms with Crippen LogP contribution in [0.2, 0.25) is 0 Å². The topological polar surface area (TPSA) is 106 Å². The third kappa shape index (κ3) is 4.52. The fraction of sp³-hybridized carbons (Fsp3) is 0.375. The second-order valence-electron chi connectivity index (χ2n) is 8.52. The van der Waals surface area contributed by atoms with Crippen LogP contribution in [0, 0.1) is 28.9 Å². The quantitative estimate of drug-likeness (QED) is 0.595. The third-order valence-corrected chi connectivity index (χ3v) is 5.85. The van der Waals surface area contributed by atoms with Crippen molar-refractivity contribution in [2.45, 2.75) is 26.3 Å². The second kappa shape index (κ2) is 9.65. The van der Waals surface area contributed by atoms with Crippen molar-refractivity contribution in [2.75, 3.05) is 31.1 Å². The maximum atomic E-state index is 13.9. The van der Waals surface area contributed by atoms with E-state index in [1.807, 2.05) is 24.8 Å². The van der Waals surface area contributed by atoms with Crippen LogP contribution in [-0.4, -0.2) is 63.1 Å². The molecule has 176 valence electrons. The molecule has 0 radical (unpaired) electrons. The average molecular weight is 466 g/mol. The van der Waals surface area contributed by atoms with Gasteiger partial charge in [-0.3, -0.25) is 9.78 Å². The zero-order chi connectivity index (χ0) is 24.4. The number of anilines is 1. The number of halogens is 2. The van der Waals surface area contributed by atoms with Crippen molar-refractivity contribution in [3.8, 4) is 17.3 Å². The third-order valence-electron chi connectivity index (χ3n) is 5.85. The lowest BCUT2D eigenvalue weighted by Gasteiger charge is -2.30. The number of hydrogen-bond donors (Lipinski definition) is 1. The van der Waals surface area contributed by atoms with Crippen LogP contribution in [0.15, 0.2) is 30.6 Å². The molecule has 1 aliphatic rings. The highest BCUT2D eigenvalue weighted by Gasteiger charge is 2.33. The molecule has 0 bridgehead atoms. The summed E-state index contributed by atoms with van der Waals surface area (Å²) in [5.74, 6) is -1.88. The first-order chi connectivity index (χ1) is 16.3. The molecule has 3 aromatic rings. The Labute approximate surface area is 195 Å². The fourth-order valence-corrected chi connectivity index (χ4v) is 4.19. The van der Waals surface area contributed by atoms with E-state index in [1.54, 1.807) is 11.0 Å². The SMILES string of the molecule is CC(C)C(=O)N(CCO)[C@H]1CCN(c2nc3cc(F)c(F)cc3nc2-c2cncc(C#N)c2)C1. The molecule has 1 aliphatic heterocycles. The van der Waals surface area contributed by atoms with Gasteiger partial charge in [0, 0.05) is 55.6 Å². The number of amides is 1. The van der Waals surface area contributed by atoms with Crippen LogP contribution in [0.1, 0.15) is 25.8 Å². The minimum absolute atomic E-state index is 0.0470. The number of hydrogen-bond acceptors (Lipinski definition) is 7. The summed E-state index contributed by atoms with van der Waals surface area (Å²) in [6.07, 6.45) is 3.60. The van der Waals surface area contributed by atoms with Gasteiger partial charge in [-0.25, -0.2) is 18.7 Å². The molecule has 1 fully saturated rings. The molecular weight excluding hydrogens is 442 g/mol. The Morgan fingerprint density at radius 3 is 2.59 bits per heavy atom. The Morgan fingerprint density at radius 2 is 1.94 bits per heavy atom. The van der Waals surface area contributed by atoms with Crippen molar-refractivity contribution in [1.29, 1.82) is 5.26 Å². The van der Waals surface area contributed by atoms with Gasteiger partial charge in [-0.2, -0.15) is 5.26 Å². The smallest absolute Gasteiger partial charge is 0.225 e. The van der Waals surface area contributed by atoms with Crippen LogP contribution in [0.4, 0.5) is 14.6 Å². The summed E-state index contributed by atoms with van der Waals surface area (Å²) in [4.78, 5) is 29.6. The molecule has 34 heavy (non-hydrogen) atoms. The number of pyridine rings is 1. The zero-order valence-electron chi connectivity index (χ0n) is 18.9. The number of aromatic nitrogens is 3. The molecule has 1 amide bonds. The van der Waals surface area contributed by atoms with Crippen molar-refractivity contribution in [2.24, 2.45) is 5.92 Å². The van der Waals surface area contributed by atoms with Crippen LogP contribution < -0.4 is 4.90 Å². The molecule has 0 saturated carbocycles. The van der Waals surface area contributed by atoms with Crippen LogP contribution in [0.3, 0.4) is 0 Å². The maximum absolute atomic E-state index is 13.9. The molecule has 1 N–H and O–H groups in total. The van der Waals surface area contributed by atoms with E-state index in [1.165, 1.54) is 12.4 Å². The van der Waals surface area contributed by atoms with Crippen molar-refractivity contribution in [3.63, 3.8) is 0 Å². The Kier molecular flexibility index (Phi) is 6.65. The summed E-state index contributed by atoms with van der Waals surface area (Å²) in [5, 5.41) is 18.8. The number of nitrogens with zero attached hydrogens (tertiary/aromatic N) is 6. The Balaban J connectivity index is 1.78. The number of aliphatic hydroxyl groups is 1. The van der Waals surface area contributed by atoms with E-state index in [4.69, 9.17) is 0 Å².